The normalized spacial score (nSPS) is 12.0. The first-order valence-electron chi connectivity index (χ1n) is 10.2. The van der Waals surface area contributed by atoms with E-state index < -0.39 is 28.7 Å². The highest BCUT2D eigenvalue weighted by molar-refractivity contribution is 7.89. The van der Waals surface area contributed by atoms with Crippen molar-refractivity contribution in [3.05, 3.63) is 88.9 Å². The smallest absolute Gasteiger partial charge is 0.411 e. The van der Waals surface area contributed by atoms with Crippen LogP contribution in [0.5, 0.6) is 0 Å². The highest BCUT2D eigenvalue weighted by atomic mass is 32.2. The Hall–Kier alpha value is -3.15. The quantitative estimate of drug-likeness (QED) is 0.441. The summed E-state index contributed by atoms with van der Waals surface area (Å²) in [6, 6.07) is 14.1. The van der Waals surface area contributed by atoms with Crippen molar-refractivity contribution in [2.45, 2.75) is 37.7 Å². The lowest BCUT2D eigenvalue weighted by Gasteiger charge is -2.11. The molecule has 182 valence electrons. The maximum atomic E-state index is 12.7. The molecule has 0 aliphatic rings. The molecule has 1 aromatic heterocycles. The van der Waals surface area contributed by atoms with E-state index in [0.717, 1.165) is 5.56 Å². The first-order valence-corrected chi connectivity index (χ1v) is 11.6. The van der Waals surface area contributed by atoms with Gasteiger partial charge in [-0.15, -0.1) is 0 Å². The SMILES string of the molecule is Cc1ccc(S(=O)(=O)NCc2ccco2)cc1C(=O)NCc1ccc(COCC(F)(F)F)cc1. The molecule has 34 heavy (non-hydrogen) atoms. The van der Waals surface area contributed by atoms with Gasteiger partial charge in [0.05, 0.1) is 24.3 Å². The molecule has 2 aromatic carbocycles. The summed E-state index contributed by atoms with van der Waals surface area (Å²) in [5.41, 5.74) is 2.09. The molecule has 0 aliphatic carbocycles. The van der Waals surface area contributed by atoms with E-state index in [1.807, 2.05) is 0 Å². The number of benzene rings is 2. The molecule has 0 atom stereocenters. The third kappa shape index (κ3) is 7.44. The fourth-order valence-corrected chi connectivity index (χ4v) is 4.01. The summed E-state index contributed by atoms with van der Waals surface area (Å²) < 4.78 is 73.8. The highest BCUT2D eigenvalue weighted by Crippen LogP contribution is 2.18. The summed E-state index contributed by atoms with van der Waals surface area (Å²) in [4.78, 5) is 12.6. The Morgan fingerprint density at radius 3 is 2.38 bits per heavy atom. The molecule has 0 fully saturated rings. The summed E-state index contributed by atoms with van der Waals surface area (Å²) in [6.07, 6.45) is -2.94. The van der Waals surface area contributed by atoms with Gasteiger partial charge in [-0.05, 0) is 47.9 Å². The summed E-state index contributed by atoms with van der Waals surface area (Å²) in [5.74, 6) is -0.00948. The Balaban J connectivity index is 1.59. The van der Waals surface area contributed by atoms with Crippen molar-refractivity contribution in [1.82, 2.24) is 10.0 Å². The van der Waals surface area contributed by atoms with Crippen molar-refractivity contribution < 1.29 is 35.5 Å². The maximum Gasteiger partial charge on any atom is 0.411 e. The number of hydrogen-bond acceptors (Lipinski definition) is 5. The van der Waals surface area contributed by atoms with E-state index in [1.165, 1.54) is 18.4 Å². The number of nitrogens with one attached hydrogen (secondary N) is 2. The largest absolute Gasteiger partial charge is 0.468 e. The van der Waals surface area contributed by atoms with Crippen molar-refractivity contribution in [2.75, 3.05) is 6.61 Å². The van der Waals surface area contributed by atoms with E-state index in [0.29, 0.717) is 16.9 Å². The molecule has 1 amide bonds. The second kappa shape index (κ2) is 10.9. The summed E-state index contributed by atoms with van der Waals surface area (Å²) in [7, 11) is -3.87. The number of furan rings is 1. The molecule has 1 heterocycles. The van der Waals surface area contributed by atoms with Gasteiger partial charge in [0.2, 0.25) is 10.0 Å². The van der Waals surface area contributed by atoms with E-state index in [-0.39, 0.29) is 30.2 Å². The number of carbonyl (C=O) groups excluding carboxylic acids is 1. The van der Waals surface area contributed by atoms with Crippen LogP contribution in [-0.2, 0) is 34.5 Å². The predicted molar refractivity (Wildman–Crippen MR) is 117 cm³/mol. The number of aryl methyl sites for hydroxylation is 1. The molecule has 0 spiro atoms. The van der Waals surface area contributed by atoms with E-state index in [9.17, 15) is 26.4 Å². The van der Waals surface area contributed by atoms with Crippen LogP contribution >= 0.6 is 0 Å². The number of rotatable bonds is 10. The lowest BCUT2D eigenvalue weighted by atomic mass is 10.1. The molecule has 0 unspecified atom stereocenters. The van der Waals surface area contributed by atoms with Crippen molar-refractivity contribution in [3.63, 3.8) is 0 Å². The molecular formula is C23H23F3N2O5S. The zero-order valence-electron chi connectivity index (χ0n) is 18.2. The third-order valence-corrected chi connectivity index (χ3v) is 6.19. The summed E-state index contributed by atoms with van der Waals surface area (Å²) in [5, 5.41) is 2.72. The lowest BCUT2D eigenvalue weighted by molar-refractivity contribution is -0.176. The van der Waals surface area contributed by atoms with Gasteiger partial charge in [0.15, 0.2) is 0 Å². The minimum absolute atomic E-state index is 0.0258. The van der Waals surface area contributed by atoms with Crippen LogP contribution in [0.1, 0.15) is 32.8 Å². The fourth-order valence-electron chi connectivity index (χ4n) is 2.99. The number of ether oxygens (including phenoxy) is 1. The van der Waals surface area contributed by atoms with Crippen molar-refractivity contribution in [3.8, 4) is 0 Å². The van der Waals surface area contributed by atoms with Crippen LogP contribution in [0, 0.1) is 6.92 Å². The van der Waals surface area contributed by atoms with Crippen LogP contribution in [0.2, 0.25) is 0 Å². The van der Waals surface area contributed by atoms with Gasteiger partial charge >= 0.3 is 6.18 Å². The number of alkyl halides is 3. The van der Waals surface area contributed by atoms with Gasteiger partial charge in [-0.2, -0.15) is 13.2 Å². The van der Waals surface area contributed by atoms with Gasteiger partial charge < -0.3 is 14.5 Å². The number of carbonyl (C=O) groups is 1. The molecule has 0 aliphatic heterocycles. The number of amides is 1. The van der Waals surface area contributed by atoms with Crippen LogP contribution in [0.25, 0.3) is 0 Å². The molecule has 2 N–H and O–H groups in total. The van der Waals surface area contributed by atoms with Gasteiger partial charge in [0.25, 0.3) is 5.91 Å². The summed E-state index contributed by atoms with van der Waals surface area (Å²) in [6.45, 7) is 0.312. The Bertz CT molecular complexity index is 1210. The van der Waals surface area contributed by atoms with Gasteiger partial charge in [0, 0.05) is 12.1 Å². The molecule has 3 rings (SSSR count). The van der Waals surface area contributed by atoms with Crippen LogP contribution in [-0.4, -0.2) is 27.1 Å². The standard InChI is InChI=1S/C23H23F3N2O5S/c1-16-4-9-20(34(30,31)28-13-19-3-2-10-33-19)11-21(16)22(29)27-12-17-5-7-18(8-6-17)14-32-15-23(24,25)26/h2-11,28H,12-15H2,1H3,(H,27,29). The molecule has 0 radical (unpaired) electrons. The molecule has 11 heteroatoms. The minimum atomic E-state index is -4.38. The van der Waals surface area contributed by atoms with Gasteiger partial charge in [0.1, 0.15) is 12.4 Å². The molecule has 0 bridgehead atoms. The molecule has 7 nitrogen and oxygen atoms in total. The van der Waals surface area contributed by atoms with Crippen LogP contribution in [0.3, 0.4) is 0 Å². The molecular weight excluding hydrogens is 473 g/mol. The topological polar surface area (TPSA) is 97.6 Å². The Morgan fingerprint density at radius 2 is 1.74 bits per heavy atom. The fraction of sp³-hybridized carbons (Fsp3) is 0.261. The van der Waals surface area contributed by atoms with E-state index in [4.69, 9.17) is 4.42 Å². The second-order valence-electron chi connectivity index (χ2n) is 7.49. The molecule has 0 saturated heterocycles. The van der Waals surface area contributed by atoms with Gasteiger partial charge in [-0.25, -0.2) is 13.1 Å². The molecule has 0 saturated carbocycles. The number of halogens is 3. The lowest BCUT2D eigenvalue weighted by Crippen LogP contribution is -2.26. The maximum absolute atomic E-state index is 12.7. The zero-order chi connectivity index (χ0) is 24.8. The first-order chi connectivity index (χ1) is 16.0. The van der Waals surface area contributed by atoms with Crippen LogP contribution < -0.4 is 10.0 Å². The van der Waals surface area contributed by atoms with Crippen molar-refractivity contribution in [1.29, 1.82) is 0 Å². The third-order valence-electron chi connectivity index (χ3n) is 4.79. The van der Waals surface area contributed by atoms with Gasteiger partial charge in [-0.1, -0.05) is 30.3 Å². The minimum Gasteiger partial charge on any atom is -0.468 e. The number of sulfonamides is 1. The average molecular weight is 497 g/mol. The van der Waals surface area contributed by atoms with Crippen LogP contribution in [0.15, 0.2) is 70.2 Å². The Labute approximate surface area is 195 Å². The average Bonchev–Trinajstić information content (AvgIpc) is 3.30. The van der Waals surface area contributed by atoms with Gasteiger partial charge in [-0.3, -0.25) is 4.79 Å². The highest BCUT2D eigenvalue weighted by Gasteiger charge is 2.27. The van der Waals surface area contributed by atoms with E-state index >= 15 is 0 Å². The molecule has 3 aromatic rings. The Kier molecular flexibility index (Phi) is 8.13. The summed E-state index contributed by atoms with van der Waals surface area (Å²) >= 11 is 0. The van der Waals surface area contributed by atoms with E-state index in [1.54, 1.807) is 49.4 Å². The zero-order valence-corrected chi connectivity index (χ0v) is 19.0. The predicted octanol–water partition coefficient (Wildman–Crippen LogP) is 4.08. The van der Waals surface area contributed by atoms with Crippen molar-refractivity contribution >= 4 is 15.9 Å². The Morgan fingerprint density at radius 1 is 1.03 bits per heavy atom. The van der Waals surface area contributed by atoms with Crippen molar-refractivity contribution in [2.24, 2.45) is 0 Å². The second-order valence-corrected chi connectivity index (χ2v) is 9.25. The van der Waals surface area contributed by atoms with E-state index in [2.05, 4.69) is 14.8 Å². The first kappa shape index (κ1) is 25.5. The van der Waals surface area contributed by atoms with Crippen LogP contribution in [0.4, 0.5) is 13.2 Å². The monoisotopic (exact) mass is 496 g/mol. The number of hydrogen-bond donors (Lipinski definition) is 2.